The zero-order valence-corrected chi connectivity index (χ0v) is 15.1. The SMILES string of the molecule is CCc1cc2c(OC(=S)N(C)C)cccc2n1Cc1ccccc1. The van der Waals surface area contributed by atoms with Gasteiger partial charge in [-0.2, -0.15) is 0 Å². The highest BCUT2D eigenvalue weighted by atomic mass is 32.1. The van der Waals surface area contributed by atoms with Crippen LogP contribution in [0.1, 0.15) is 18.2 Å². The second-order valence-corrected chi connectivity index (χ2v) is 6.36. The van der Waals surface area contributed by atoms with E-state index in [1.165, 1.54) is 16.8 Å². The van der Waals surface area contributed by atoms with Gasteiger partial charge in [-0.05, 0) is 42.4 Å². The first-order valence-electron chi connectivity index (χ1n) is 8.14. The van der Waals surface area contributed by atoms with Crippen molar-refractivity contribution in [2.24, 2.45) is 0 Å². The molecule has 0 aliphatic carbocycles. The molecule has 3 nitrogen and oxygen atoms in total. The van der Waals surface area contributed by atoms with Gasteiger partial charge in [-0.1, -0.05) is 43.3 Å². The molecule has 1 heterocycles. The van der Waals surface area contributed by atoms with Crippen molar-refractivity contribution in [2.45, 2.75) is 19.9 Å². The largest absolute Gasteiger partial charge is 0.431 e. The number of aromatic nitrogens is 1. The van der Waals surface area contributed by atoms with E-state index in [0.29, 0.717) is 5.17 Å². The average molecular weight is 338 g/mol. The Morgan fingerprint density at radius 2 is 1.83 bits per heavy atom. The van der Waals surface area contributed by atoms with Gasteiger partial charge in [0.25, 0.3) is 5.17 Å². The van der Waals surface area contributed by atoms with Gasteiger partial charge in [-0.3, -0.25) is 0 Å². The lowest BCUT2D eigenvalue weighted by Crippen LogP contribution is -2.25. The molecule has 0 saturated heterocycles. The Bertz CT molecular complexity index is 853. The summed E-state index contributed by atoms with van der Waals surface area (Å²) in [6.45, 7) is 3.04. The van der Waals surface area contributed by atoms with E-state index in [9.17, 15) is 0 Å². The van der Waals surface area contributed by atoms with E-state index in [2.05, 4.69) is 47.9 Å². The molecule has 2 aromatic carbocycles. The summed E-state index contributed by atoms with van der Waals surface area (Å²) in [5.41, 5.74) is 3.76. The summed E-state index contributed by atoms with van der Waals surface area (Å²) in [5.74, 6) is 0.813. The predicted octanol–water partition coefficient (Wildman–Crippen LogP) is 4.48. The molecule has 0 aliphatic rings. The summed E-state index contributed by atoms with van der Waals surface area (Å²) in [5, 5.41) is 1.57. The van der Waals surface area contributed by atoms with Crippen LogP contribution >= 0.6 is 12.2 Å². The van der Waals surface area contributed by atoms with Gasteiger partial charge in [0, 0.05) is 31.7 Å². The van der Waals surface area contributed by atoms with Gasteiger partial charge < -0.3 is 14.2 Å². The molecule has 124 valence electrons. The van der Waals surface area contributed by atoms with Gasteiger partial charge in [0.1, 0.15) is 5.75 Å². The van der Waals surface area contributed by atoms with Crippen molar-refractivity contribution >= 4 is 28.3 Å². The smallest absolute Gasteiger partial charge is 0.264 e. The summed E-state index contributed by atoms with van der Waals surface area (Å²) in [4.78, 5) is 1.80. The van der Waals surface area contributed by atoms with Crippen LogP contribution < -0.4 is 4.74 Å². The number of benzene rings is 2. The number of ether oxygens (including phenoxy) is 1. The summed E-state index contributed by atoms with van der Waals surface area (Å²) >= 11 is 5.29. The molecule has 0 unspecified atom stereocenters. The molecule has 0 radical (unpaired) electrons. The van der Waals surface area contributed by atoms with Crippen molar-refractivity contribution in [2.75, 3.05) is 14.1 Å². The first-order valence-corrected chi connectivity index (χ1v) is 8.55. The highest BCUT2D eigenvalue weighted by Crippen LogP contribution is 2.30. The number of fused-ring (bicyclic) bond motifs is 1. The normalized spacial score (nSPS) is 10.8. The molecule has 0 N–H and O–H groups in total. The molecule has 4 heteroatoms. The van der Waals surface area contributed by atoms with E-state index in [0.717, 1.165) is 24.1 Å². The fourth-order valence-electron chi connectivity index (χ4n) is 2.83. The summed E-state index contributed by atoms with van der Waals surface area (Å²) in [7, 11) is 3.78. The molecule has 0 amide bonds. The minimum Gasteiger partial charge on any atom is -0.431 e. The Hall–Kier alpha value is -2.33. The second kappa shape index (κ2) is 7.05. The van der Waals surface area contributed by atoms with Gasteiger partial charge in [-0.25, -0.2) is 0 Å². The van der Waals surface area contributed by atoms with Crippen molar-refractivity contribution < 1.29 is 4.74 Å². The van der Waals surface area contributed by atoms with Gasteiger partial charge in [0.2, 0.25) is 0 Å². The monoisotopic (exact) mass is 338 g/mol. The molecule has 0 fully saturated rings. The maximum atomic E-state index is 5.90. The van der Waals surface area contributed by atoms with Crippen LogP contribution in [0.15, 0.2) is 54.6 Å². The molecule has 0 bridgehead atoms. The van der Waals surface area contributed by atoms with E-state index in [1.807, 2.05) is 32.3 Å². The maximum absolute atomic E-state index is 5.90. The van der Waals surface area contributed by atoms with E-state index < -0.39 is 0 Å². The molecule has 24 heavy (non-hydrogen) atoms. The van der Waals surface area contributed by atoms with Crippen LogP contribution in [0, 0.1) is 0 Å². The lowest BCUT2D eigenvalue weighted by molar-refractivity contribution is 0.453. The fraction of sp³-hybridized carbons (Fsp3) is 0.250. The zero-order valence-electron chi connectivity index (χ0n) is 14.3. The van der Waals surface area contributed by atoms with Crippen LogP contribution in [-0.2, 0) is 13.0 Å². The number of thiocarbonyl (C=S) groups is 1. The minimum absolute atomic E-state index is 0.469. The minimum atomic E-state index is 0.469. The third-order valence-electron chi connectivity index (χ3n) is 4.10. The topological polar surface area (TPSA) is 17.4 Å². The summed E-state index contributed by atoms with van der Waals surface area (Å²) in [6, 6.07) is 18.9. The van der Waals surface area contributed by atoms with Crippen molar-refractivity contribution in [1.82, 2.24) is 9.47 Å². The molecule has 1 aromatic heterocycles. The Labute approximate surface area is 148 Å². The molecule has 0 saturated carbocycles. The average Bonchev–Trinajstić information content (AvgIpc) is 2.94. The van der Waals surface area contributed by atoms with Crippen molar-refractivity contribution in [1.29, 1.82) is 0 Å². The Morgan fingerprint density at radius 3 is 2.50 bits per heavy atom. The highest BCUT2D eigenvalue weighted by molar-refractivity contribution is 7.80. The number of rotatable bonds is 4. The molecule has 3 rings (SSSR count). The second-order valence-electron chi connectivity index (χ2n) is 6.01. The van der Waals surface area contributed by atoms with Crippen molar-refractivity contribution in [3.63, 3.8) is 0 Å². The van der Waals surface area contributed by atoms with E-state index in [4.69, 9.17) is 17.0 Å². The molecule has 0 aliphatic heterocycles. The first-order chi connectivity index (χ1) is 11.6. The molecule has 0 spiro atoms. The third-order valence-corrected chi connectivity index (χ3v) is 4.55. The highest BCUT2D eigenvalue weighted by Gasteiger charge is 2.13. The lowest BCUT2D eigenvalue weighted by Gasteiger charge is -2.15. The Balaban J connectivity index is 2.05. The standard InChI is InChI=1S/C20H22N2OS/c1-4-16-13-17-18(22(16)14-15-9-6-5-7-10-15)11-8-12-19(17)23-20(24)21(2)3/h5-13H,4,14H2,1-3H3. The maximum Gasteiger partial charge on any atom is 0.264 e. The van der Waals surface area contributed by atoms with Crippen LogP contribution in [0.3, 0.4) is 0 Å². The van der Waals surface area contributed by atoms with Crippen LogP contribution in [0.2, 0.25) is 0 Å². The number of aryl methyl sites for hydroxylation is 1. The third kappa shape index (κ3) is 3.29. The summed E-state index contributed by atoms with van der Waals surface area (Å²) in [6.07, 6.45) is 0.971. The predicted molar refractivity (Wildman–Crippen MR) is 104 cm³/mol. The van der Waals surface area contributed by atoms with Gasteiger partial charge in [-0.15, -0.1) is 0 Å². The molecule has 3 aromatic rings. The zero-order chi connectivity index (χ0) is 17.1. The van der Waals surface area contributed by atoms with E-state index in [1.54, 1.807) is 4.90 Å². The first kappa shape index (κ1) is 16.5. The van der Waals surface area contributed by atoms with Crippen LogP contribution in [0.4, 0.5) is 0 Å². The quantitative estimate of drug-likeness (QED) is 0.653. The molecule has 0 atom stereocenters. The number of hydrogen-bond acceptors (Lipinski definition) is 2. The Morgan fingerprint density at radius 1 is 1.08 bits per heavy atom. The van der Waals surface area contributed by atoms with Crippen LogP contribution in [-0.4, -0.2) is 28.7 Å². The van der Waals surface area contributed by atoms with E-state index >= 15 is 0 Å². The van der Waals surface area contributed by atoms with Gasteiger partial charge in [0.05, 0.1) is 5.52 Å². The van der Waals surface area contributed by atoms with Gasteiger partial charge in [0.15, 0.2) is 0 Å². The number of hydrogen-bond donors (Lipinski definition) is 0. The fourth-order valence-corrected chi connectivity index (χ4v) is 2.92. The molecular weight excluding hydrogens is 316 g/mol. The number of nitrogens with zero attached hydrogens (tertiary/aromatic N) is 2. The molecular formula is C20H22N2OS. The summed E-state index contributed by atoms with van der Waals surface area (Å²) < 4.78 is 8.25. The lowest BCUT2D eigenvalue weighted by atomic mass is 10.2. The van der Waals surface area contributed by atoms with Crippen LogP contribution in [0.25, 0.3) is 10.9 Å². The Kier molecular flexibility index (Phi) is 4.86. The van der Waals surface area contributed by atoms with E-state index in [-0.39, 0.29) is 0 Å². The van der Waals surface area contributed by atoms with Gasteiger partial charge >= 0.3 is 0 Å². The van der Waals surface area contributed by atoms with Crippen molar-refractivity contribution in [3.8, 4) is 5.75 Å². The van der Waals surface area contributed by atoms with Crippen molar-refractivity contribution in [3.05, 3.63) is 65.9 Å². The van der Waals surface area contributed by atoms with Crippen LogP contribution in [0.5, 0.6) is 5.75 Å².